The molecular weight excluding hydrogens is 274 g/mol. The molecule has 5 heteroatoms. The van der Waals surface area contributed by atoms with Crippen molar-refractivity contribution in [2.75, 3.05) is 17.2 Å². The highest BCUT2D eigenvalue weighted by Gasteiger charge is 2.26. The van der Waals surface area contributed by atoms with Gasteiger partial charge in [-0.3, -0.25) is 4.79 Å². The van der Waals surface area contributed by atoms with Crippen LogP contribution in [0.1, 0.15) is 22.3 Å². The number of nitrogens with zero attached hydrogens (tertiary/aromatic N) is 1. The van der Waals surface area contributed by atoms with Gasteiger partial charge in [0, 0.05) is 17.9 Å². The maximum atomic E-state index is 13.8. The molecule has 0 spiro atoms. The molecule has 0 fully saturated rings. The Hall–Kier alpha value is -2.43. The van der Waals surface area contributed by atoms with Crippen LogP contribution in [0.3, 0.4) is 0 Å². The van der Waals surface area contributed by atoms with E-state index in [0.29, 0.717) is 17.9 Å². The molecule has 2 N–H and O–H groups in total. The number of benzene rings is 2. The van der Waals surface area contributed by atoms with Crippen LogP contribution >= 0.6 is 0 Å². The molecule has 1 aliphatic rings. The summed E-state index contributed by atoms with van der Waals surface area (Å²) in [6, 6.07) is 8.19. The second-order valence-corrected chi connectivity index (χ2v) is 5.03. The monoisotopic (exact) mass is 288 g/mol. The number of fused-ring (bicyclic) bond motifs is 1. The Balaban J connectivity index is 2.04. The Bertz CT molecular complexity index is 715. The van der Waals surface area contributed by atoms with E-state index < -0.39 is 17.5 Å². The van der Waals surface area contributed by atoms with E-state index in [1.807, 2.05) is 0 Å². The van der Waals surface area contributed by atoms with Gasteiger partial charge in [-0.25, -0.2) is 8.78 Å². The van der Waals surface area contributed by atoms with Gasteiger partial charge in [0.2, 0.25) is 0 Å². The quantitative estimate of drug-likeness (QED) is 0.819. The molecule has 21 heavy (non-hydrogen) atoms. The second-order valence-electron chi connectivity index (χ2n) is 5.03. The van der Waals surface area contributed by atoms with Crippen molar-refractivity contribution < 1.29 is 13.6 Å². The van der Waals surface area contributed by atoms with Crippen LogP contribution in [0.5, 0.6) is 0 Å². The van der Waals surface area contributed by atoms with Gasteiger partial charge in [-0.15, -0.1) is 0 Å². The summed E-state index contributed by atoms with van der Waals surface area (Å²) in [6.07, 6.45) is 1.52. The number of nitrogen functional groups attached to an aromatic ring is 1. The van der Waals surface area contributed by atoms with E-state index in [4.69, 9.17) is 5.73 Å². The highest BCUT2D eigenvalue weighted by molar-refractivity contribution is 6.07. The SMILES string of the molecule is Nc1cccc2c1CCCN2C(=O)c1cc(F)ccc1F. The number of hydrogen-bond donors (Lipinski definition) is 1. The van der Waals surface area contributed by atoms with Crippen molar-refractivity contribution in [3.63, 3.8) is 0 Å². The van der Waals surface area contributed by atoms with Gasteiger partial charge in [0.05, 0.1) is 5.56 Å². The summed E-state index contributed by atoms with van der Waals surface area (Å²) >= 11 is 0. The Morgan fingerprint density at radius 2 is 2.00 bits per heavy atom. The minimum atomic E-state index is -0.725. The fourth-order valence-electron chi connectivity index (χ4n) is 2.67. The lowest BCUT2D eigenvalue weighted by atomic mass is 9.99. The number of anilines is 2. The minimum absolute atomic E-state index is 0.259. The Labute approximate surface area is 121 Å². The smallest absolute Gasteiger partial charge is 0.261 e. The molecule has 0 saturated carbocycles. The summed E-state index contributed by atoms with van der Waals surface area (Å²) in [5.41, 5.74) is 7.84. The topological polar surface area (TPSA) is 46.3 Å². The number of halogens is 2. The largest absolute Gasteiger partial charge is 0.398 e. The van der Waals surface area contributed by atoms with E-state index in [0.717, 1.165) is 36.6 Å². The molecule has 1 heterocycles. The van der Waals surface area contributed by atoms with E-state index in [-0.39, 0.29) is 5.56 Å². The maximum absolute atomic E-state index is 13.8. The number of carbonyl (C=O) groups is 1. The van der Waals surface area contributed by atoms with E-state index in [1.165, 1.54) is 4.90 Å². The van der Waals surface area contributed by atoms with Gasteiger partial charge < -0.3 is 10.6 Å². The van der Waals surface area contributed by atoms with Gasteiger partial charge in [-0.1, -0.05) is 6.07 Å². The average Bonchev–Trinajstić information content (AvgIpc) is 2.49. The molecule has 3 rings (SSSR count). The number of hydrogen-bond acceptors (Lipinski definition) is 2. The fraction of sp³-hybridized carbons (Fsp3) is 0.188. The molecule has 1 amide bonds. The first-order chi connectivity index (χ1) is 10.1. The van der Waals surface area contributed by atoms with Gasteiger partial charge >= 0.3 is 0 Å². The van der Waals surface area contributed by atoms with Gasteiger partial charge in [0.15, 0.2) is 0 Å². The summed E-state index contributed by atoms with van der Waals surface area (Å²) in [7, 11) is 0. The second kappa shape index (κ2) is 5.16. The molecular formula is C16H14F2N2O. The van der Waals surface area contributed by atoms with Crippen LogP contribution in [0.4, 0.5) is 20.2 Å². The summed E-state index contributed by atoms with van der Waals surface area (Å²) in [5.74, 6) is -1.90. The predicted octanol–water partition coefficient (Wildman–Crippen LogP) is 3.14. The van der Waals surface area contributed by atoms with Crippen LogP contribution in [-0.4, -0.2) is 12.5 Å². The number of carbonyl (C=O) groups excluding carboxylic acids is 1. The molecule has 0 aliphatic carbocycles. The molecule has 0 bridgehead atoms. The molecule has 0 unspecified atom stereocenters. The molecule has 0 aromatic heterocycles. The molecule has 2 aromatic rings. The third-order valence-corrected chi connectivity index (χ3v) is 3.69. The van der Waals surface area contributed by atoms with Gasteiger partial charge in [-0.05, 0) is 48.7 Å². The predicted molar refractivity (Wildman–Crippen MR) is 77.2 cm³/mol. The van der Waals surface area contributed by atoms with Crippen LogP contribution in [0.2, 0.25) is 0 Å². The lowest BCUT2D eigenvalue weighted by Crippen LogP contribution is -2.36. The molecule has 0 saturated heterocycles. The van der Waals surface area contributed by atoms with Crippen molar-refractivity contribution in [2.24, 2.45) is 0 Å². The lowest BCUT2D eigenvalue weighted by molar-refractivity contribution is 0.0981. The van der Waals surface area contributed by atoms with Crippen LogP contribution in [0.15, 0.2) is 36.4 Å². The Morgan fingerprint density at radius 1 is 1.19 bits per heavy atom. The molecule has 1 aliphatic heterocycles. The van der Waals surface area contributed by atoms with Crippen molar-refractivity contribution in [1.29, 1.82) is 0 Å². The van der Waals surface area contributed by atoms with E-state index >= 15 is 0 Å². The Morgan fingerprint density at radius 3 is 2.81 bits per heavy atom. The molecule has 0 radical (unpaired) electrons. The molecule has 108 valence electrons. The van der Waals surface area contributed by atoms with Crippen molar-refractivity contribution in [3.8, 4) is 0 Å². The first kappa shape index (κ1) is 13.5. The minimum Gasteiger partial charge on any atom is -0.398 e. The lowest BCUT2D eigenvalue weighted by Gasteiger charge is -2.30. The summed E-state index contributed by atoms with van der Waals surface area (Å²) in [4.78, 5) is 14.0. The number of rotatable bonds is 1. The van der Waals surface area contributed by atoms with Crippen molar-refractivity contribution in [1.82, 2.24) is 0 Å². The first-order valence-electron chi connectivity index (χ1n) is 6.72. The van der Waals surface area contributed by atoms with Crippen LogP contribution in [-0.2, 0) is 6.42 Å². The average molecular weight is 288 g/mol. The molecule has 0 atom stereocenters. The van der Waals surface area contributed by atoms with Gasteiger partial charge in [0.25, 0.3) is 5.91 Å². The highest BCUT2D eigenvalue weighted by Crippen LogP contribution is 2.32. The summed E-state index contributed by atoms with van der Waals surface area (Å²) < 4.78 is 27.1. The van der Waals surface area contributed by atoms with Gasteiger partial charge in [-0.2, -0.15) is 0 Å². The van der Waals surface area contributed by atoms with E-state index in [1.54, 1.807) is 18.2 Å². The Kier molecular flexibility index (Phi) is 3.33. The standard InChI is InChI=1S/C16H14F2N2O/c17-10-6-7-13(18)12(9-10)16(21)20-8-2-3-11-14(19)4-1-5-15(11)20/h1,4-7,9H,2-3,8,19H2. The van der Waals surface area contributed by atoms with Crippen LogP contribution < -0.4 is 10.6 Å². The zero-order valence-corrected chi connectivity index (χ0v) is 11.3. The zero-order chi connectivity index (χ0) is 15.0. The third kappa shape index (κ3) is 2.35. The van der Waals surface area contributed by atoms with Gasteiger partial charge in [0.1, 0.15) is 11.6 Å². The summed E-state index contributed by atoms with van der Waals surface area (Å²) in [5, 5.41) is 0. The molecule has 3 nitrogen and oxygen atoms in total. The molecule has 2 aromatic carbocycles. The first-order valence-corrected chi connectivity index (χ1v) is 6.72. The van der Waals surface area contributed by atoms with Crippen molar-refractivity contribution in [3.05, 3.63) is 59.2 Å². The highest BCUT2D eigenvalue weighted by atomic mass is 19.1. The van der Waals surface area contributed by atoms with E-state index in [2.05, 4.69) is 0 Å². The number of nitrogens with two attached hydrogens (primary N) is 1. The normalized spacial score (nSPS) is 13.9. The van der Waals surface area contributed by atoms with Crippen LogP contribution in [0, 0.1) is 11.6 Å². The van der Waals surface area contributed by atoms with E-state index in [9.17, 15) is 13.6 Å². The third-order valence-electron chi connectivity index (χ3n) is 3.69. The summed E-state index contributed by atoms with van der Waals surface area (Å²) in [6.45, 7) is 0.464. The van der Waals surface area contributed by atoms with Crippen molar-refractivity contribution >= 4 is 17.3 Å². The maximum Gasteiger partial charge on any atom is 0.261 e. The fourth-order valence-corrected chi connectivity index (χ4v) is 2.67. The van der Waals surface area contributed by atoms with Crippen LogP contribution in [0.25, 0.3) is 0 Å². The number of amides is 1. The zero-order valence-electron chi connectivity index (χ0n) is 11.3. The van der Waals surface area contributed by atoms with Crippen molar-refractivity contribution in [2.45, 2.75) is 12.8 Å².